The van der Waals surface area contributed by atoms with Crippen molar-refractivity contribution in [2.45, 2.75) is 13.0 Å². The summed E-state index contributed by atoms with van der Waals surface area (Å²) in [7, 11) is 1.82. The predicted molar refractivity (Wildman–Crippen MR) is 50.6 cm³/mol. The first-order valence-corrected chi connectivity index (χ1v) is 4.45. The summed E-state index contributed by atoms with van der Waals surface area (Å²) in [5.74, 6) is 0.530. The molecule has 0 aliphatic carbocycles. The highest BCUT2D eigenvalue weighted by atomic mass is 35.5. The van der Waals surface area contributed by atoms with Gasteiger partial charge in [-0.25, -0.2) is 14.4 Å². The Balaban J connectivity index is 2.77. The molecule has 0 radical (unpaired) electrons. The van der Waals surface area contributed by atoms with Crippen LogP contribution in [0.3, 0.4) is 0 Å². The maximum atomic E-state index is 12.5. The van der Waals surface area contributed by atoms with E-state index < -0.39 is 5.82 Å². The second-order valence-electron chi connectivity index (χ2n) is 2.82. The second kappa shape index (κ2) is 4.37. The Kier molecular flexibility index (Phi) is 3.42. The number of hydrogen-bond acceptors (Lipinski definition) is 3. The molecular weight excluding hydrogens is 193 g/mol. The number of nitrogens with zero attached hydrogens (tertiary/aromatic N) is 3. The van der Waals surface area contributed by atoms with Crippen molar-refractivity contribution in [2.24, 2.45) is 0 Å². The molecule has 0 saturated carbocycles. The van der Waals surface area contributed by atoms with E-state index in [0.29, 0.717) is 11.8 Å². The summed E-state index contributed by atoms with van der Waals surface area (Å²) >= 11 is 5.66. The van der Waals surface area contributed by atoms with Gasteiger partial charge in [-0.15, -0.1) is 11.6 Å². The molecule has 0 fully saturated rings. The molecule has 0 bridgehead atoms. The first-order valence-electron chi connectivity index (χ1n) is 3.91. The van der Waals surface area contributed by atoms with Gasteiger partial charge in [0.15, 0.2) is 5.82 Å². The summed E-state index contributed by atoms with van der Waals surface area (Å²) in [5, 5.41) is 0. The third-order valence-electron chi connectivity index (χ3n) is 1.81. The molecule has 0 spiro atoms. The van der Waals surface area contributed by atoms with E-state index in [1.165, 1.54) is 0 Å². The molecule has 1 unspecified atom stereocenters. The highest BCUT2D eigenvalue weighted by molar-refractivity contribution is 6.18. The molecule has 1 aromatic rings. The van der Waals surface area contributed by atoms with Crippen LogP contribution in [0.2, 0.25) is 0 Å². The van der Waals surface area contributed by atoms with E-state index in [4.69, 9.17) is 11.6 Å². The number of aromatic nitrogens is 2. The third kappa shape index (κ3) is 2.52. The number of rotatable bonds is 3. The van der Waals surface area contributed by atoms with Crippen molar-refractivity contribution in [2.75, 3.05) is 17.8 Å². The Morgan fingerprint density at radius 1 is 1.54 bits per heavy atom. The van der Waals surface area contributed by atoms with Crippen LogP contribution < -0.4 is 4.90 Å². The highest BCUT2D eigenvalue weighted by Gasteiger charge is 2.10. The van der Waals surface area contributed by atoms with Gasteiger partial charge in [0.05, 0.1) is 12.4 Å². The molecule has 1 heterocycles. The maximum absolute atomic E-state index is 12.5. The molecule has 0 aliphatic heterocycles. The number of hydrogen-bond donors (Lipinski definition) is 0. The van der Waals surface area contributed by atoms with E-state index in [1.54, 1.807) is 4.90 Å². The van der Waals surface area contributed by atoms with E-state index in [2.05, 4.69) is 9.97 Å². The summed E-state index contributed by atoms with van der Waals surface area (Å²) in [6.07, 6.45) is 2.28. The van der Waals surface area contributed by atoms with Crippen LogP contribution >= 0.6 is 11.6 Å². The Hall–Kier alpha value is -0.900. The Morgan fingerprint density at radius 3 is 2.54 bits per heavy atom. The van der Waals surface area contributed by atoms with Crippen molar-refractivity contribution >= 4 is 17.5 Å². The van der Waals surface area contributed by atoms with E-state index in [0.717, 1.165) is 12.4 Å². The fourth-order valence-electron chi connectivity index (χ4n) is 0.788. The van der Waals surface area contributed by atoms with Gasteiger partial charge in [0.2, 0.25) is 5.95 Å². The van der Waals surface area contributed by atoms with Gasteiger partial charge in [-0.2, -0.15) is 0 Å². The van der Waals surface area contributed by atoms with Crippen molar-refractivity contribution in [3.8, 4) is 0 Å². The second-order valence-corrected chi connectivity index (χ2v) is 3.12. The Bertz CT molecular complexity index is 265. The average Bonchev–Trinajstić information content (AvgIpc) is 2.17. The van der Waals surface area contributed by atoms with E-state index in [9.17, 15) is 4.39 Å². The minimum absolute atomic E-state index is 0.132. The molecule has 1 aromatic heterocycles. The Labute approximate surface area is 81.6 Å². The van der Waals surface area contributed by atoms with Gasteiger partial charge in [0, 0.05) is 19.0 Å². The Morgan fingerprint density at radius 2 is 2.08 bits per heavy atom. The summed E-state index contributed by atoms with van der Waals surface area (Å²) in [6.45, 7) is 1.94. The summed E-state index contributed by atoms with van der Waals surface area (Å²) in [4.78, 5) is 9.45. The molecular formula is C8H11ClFN3. The third-order valence-corrected chi connectivity index (χ3v) is 2.25. The maximum Gasteiger partial charge on any atom is 0.225 e. The molecule has 5 heteroatoms. The van der Waals surface area contributed by atoms with Crippen LogP contribution in [0.25, 0.3) is 0 Å². The van der Waals surface area contributed by atoms with Crippen LogP contribution in [-0.2, 0) is 0 Å². The van der Waals surface area contributed by atoms with Gasteiger partial charge >= 0.3 is 0 Å². The fourth-order valence-corrected chi connectivity index (χ4v) is 0.995. The van der Waals surface area contributed by atoms with Crippen LogP contribution in [0.1, 0.15) is 6.92 Å². The van der Waals surface area contributed by atoms with Crippen molar-refractivity contribution < 1.29 is 4.39 Å². The lowest BCUT2D eigenvalue weighted by Gasteiger charge is -2.22. The fraction of sp³-hybridized carbons (Fsp3) is 0.500. The van der Waals surface area contributed by atoms with Crippen LogP contribution in [-0.4, -0.2) is 28.9 Å². The van der Waals surface area contributed by atoms with Crippen LogP contribution in [0.5, 0.6) is 0 Å². The van der Waals surface area contributed by atoms with Gasteiger partial charge in [-0.05, 0) is 6.92 Å². The number of halogens is 2. The van der Waals surface area contributed by atoms with Crippen LogP contribution in [0.4, 0.5) is 10.3 Å². The molecule has 13 heavy (non-hydrogen) atoms. The predicted octanol–water partition coefficient (Wildman–Crippen LogP) is 1.68. The first kappa shape index (κ1) is 10.2. The smallest absolute Gasteiger partial charge is 0.225 e. The molecule has 0 aliphatic rings. The van der Waals surface area contributed by atoms with Gasteiger partial charge in [-0.1, -0.05) is 0 Å². The summed E-state index contributed by atoms with van der Waals surface area (Å²) < 4.78 is 12.5. The molecule has 1 rings (SSSR count). The summed E-state index contributed by atoms with van der Waals surface area (Å²) in [6, 6.07) is 0.132. The highest BCUT2D eigenvalue weighted by Crippen LogP contribution is 2.08. The lowest BCUT2D eigenvalue weighted by atomic mass is 10.3. The van der Waals surface area contributed by atoms with Gasteiger partial charge in [-0.3, -0.25) is 0 Å². The minimum Gasteiger partial charge on any atom is -0.340 e. The lowest BCUT2D eigenvalue weighted by Crippen LogP contribution is -2.31. The molecule has 0 N–H and O–H groups in total. The van der Waals surface area contributed by atoms with Crippen molar-refractivity contribution in [3.63, 3.8) is 0 Å². The molecule has 0 amide bonds. The SMILES string of the molecule is CC(CCl)N(C)c1ncc(F)cn1. The standard InChI is InChI=1S/C8H11ClFN3/c1-6(3-9)13(2)8-11-4-7(10)5-12-8/h4-6H,3H2,1-2H3. The van der Waals surface area contributed by atoms with Gasteiger partial charge in [0.1, 0.15) is 0 Å². The van der Waals surface area contributed by atoms with Crippen LogP contribution in [0.15, 0.2) is 12.4 Å². The van der Waals surface area contributed by atoms with Crippen molar-refractivity contribution in [3.05, 3.63) is 18.2 Å². The quantitative estimate of drug-likeness (QED) is 0.700. The largest absolute Gasteiger partial charge is 0.340 e. The van der Waals surface area contributed by atoms with Crippen LogP contribution in [0, 0.1) is 5.82 Å². The van der Waals surface area contributed by atoms with Crippen molar-refractivity contribution in [1.82, 2.24) is 9.97 Å². The first-order chi connectivity index (χ1) is 6.15. The molecule has 72 valence electrons. The van der Waals surface area contributed by atoms with E-state index >= 15 is 0 Å². The molecule has 0 aromatic carbocycles. The normalized spacial score (nSPS) is 12.6. The van der Waals surface area contributed by atoms with E-state index in [-0.39, 0.29) is 6.04 Å². The number of anilines is 1. The van der Waals surface area contributed by atoms with Gasteiger partial charge in [0.25, 0.3) is 0 Å². The van der Waals surface area contributed by atoms with Gasteiger partial charge < -0.3 is 4.90 Å². The topological polar surface area (TPSA) is 29.0 Å². The lowest BCUT2D eigenvalue weighted by molar-refractivity contribution is 0.610. The molecule has 0 saturated heterocycles. The zero-order valence-electron chi connectivity index (χ0n) is 7.54. The monoisotopic (exact) mass is 203 g/mol. The van der Waals surface area contributed by atoms with Crippen molar-refractivity contribution in [1.29, 1.82) is 0 Å². The minimum atomic E-state index is -0.435. The number of alkyl halides is 1. The molecule has 3 nitrogen and oxygen atoms in total. The molecule has 1 atom stereocenters. The summed E-state index contributed by atoms with van der Waals surface area (Å²) in [5.41, 5.74) is 0. The van der Waals surface area contributed by atoms with E-state index in [1.807, 2.05) is 14.0 Å². The zero-order chi connectivity index (χ0) is 9.84. The zero-order valence-corrected chi connectivity index (χ0v) is 8.29. The average molecular weight is 204 g/mol.